The zero-order chi connectivity index (χ0) is 24.1. The second-order valence-corrected chi connectivity index (χ2v) is 9.55. The van der Waals surface area contributed by atoms with Gasteiger partial charge in [0.05, 0.1) is 5.52 Å². The molecule has 3 aromatic carbocycles. The third-order valence-electron chi connectivity index (χ3n) is 6.16. The molecule has 0 amide bonds. The van der Waals surface area contributed by atoms with Crippen LogP contribution in [0.2, 0.25) is 0 Å². The largest absolute Gasteiger partial charge is 0.454 e. The molecule has 0 unspecified atom stereocenters. The fraction of sp³-hybridized carbons (Fsp3) is 0.0345. The molecule has 0 aliphatic rings. The van der Waals surface area contributed by atoms with E-state index in [-0.39, 0.29) is 0 Å². The second-order valence-electron chi connectivity index (χ2n) is 8.59. The maximum absolute atomic E-state index is 6.22. The molecule has 36 heavy (non-hydrogen) atoms. The van der Waals surface area contributed by atoms with Gasteiger partial charge in [-0.1, -0.05) is 89.7 Å². The Labute approximate surface area is 210 Å². The van der Waals surface area contributed by atoms with Gasteiger partial charge in [0.2, 0.25) is 4.96 Å². The quantitative estimate of drug-likeness (QED) is 0.262. The van der Waals surface area contributed by atoms with Crippen LogP contribution in [0.5, 0.6) is 0 Å². The fourth-order valence-electron chi connectivity index (χ4n) is 4.32. The highest BCUT2D eigenvalue weighted by atomic mass is 32.1. The van der Waals surface area contributed by atoms with Gasteiger partial charge < -0.3 is 4.42 Å². The van der Waals surface area contributed by atoms with E-state index in [2.05, 4.69) is 35.3 Å². The highest BCUT2D eigenvalue weighted by molar-refractivity contribution is 7.20. The van der Waals surface area contributed by atoms with E-state index >= 15 is 0 Å². The first kappa shape index (κ1) is 20.7. The fourth-order valence-corrected chi connectivity index (χ4v) is 5.19. The summed E-state index contributed by atoms with van der Waals surface area (Å²) in [5, 5.41) is 15.6. The first-order valence-electron chi connectivity index (χ1n) is 11.6. The van der Waals surface area contributed by atoms with Crippen LogP contribution < -0.4 is 0 Å². The Morgan fingerprint density at radius 1 is 0.750 bits per heavy atom. The van der Waals surface area contributed by atoms with Crippen molar-refractivity contribution < 1.29 is 4.42 Å². The topological polar surface area (TPSA) is 69.1 Å². The van der Waals surface area contributed by atoms with Crippen LogP contribution in [0, 0.1) is 6.92 Å². The van der Waals surface area contributed by atoms with E-state index in [1.165, 1.54) is 16.9 Å². The van der Waals surface area contributed by atoms with Crippen molar-refractivity contribution in [3.05, 3.63) is 103 Å². The predicted molar refractivity (Wildman–Crippen MR) is 143 cm³/mol. The molecule has 0 bridgehead atoms. The zero-order valence-corrected chi connectivity index (χ0v) is 20.1. The molecule has 7 aromatic rings. The number of pyridine rings is 1. The van der Waals surface area contributed by atoms with Crippen molar-refractivity contribution in [2.24, 2.45) is 0 Å². The Morgan fingerprint density at radius 3 is 2.39 bits per heavy atom. The second kappa shape index (κ2) is 8.25. The molecule has 4 aromatic heterocycles. The molecule has 172 valence electrons. The number of hydrogen-bond acceptors (Lipinski definition) is 6. The van der Waals surface area contributed by atoms with E-state index in [9.17, 15) is 0 Å². The molecule has 0 fully saturated rings. The summed E-state index contributed by atoms with van der Waals surface area (Å²) in [7, 11) is 0. The Balaban J connectivity index is 1.37. The summed E-state index contributed by atoms with van der Waals surface area (Å²) in [5.74, 6) is 2.25. The van der Waals surface area contributed by atoms with Crippen molar-refractivity contribution in [3.63, 3.8) is 0 Å². The molecule has 0 aliphatic heterocycles. The third-order valence-corrected chi connectivity index (χ3v) is 7.10. The molecular formula is C29H19N5OS. The SMILES string of the molecule is Cc1ccc(-c2nnc3sc(-c4cc(-c5ccc(-c6ccccc6)o5)nc5ccccc45)nn23)cc1. The molecular weight excluding hydrogens is 466 g/mol. The van der Waals surface area contributed by atoms with Gasteiger partial charge >= 0.3 is 0 Å². The van der Waals surface area contributed by atoms with E-state index in [0.717, 1.165) is 54.8 Å². The van der Waals surface area contributed by atoms with Crippen molar-refractivity contribution in [1.29, 1.82) is 0 Å². The summed E-state index contributed by atoms with van der Waals surface area (Å²) in [6.45, 7) is 2.07. The Bertz CT molecular complexity index is 1850. The molecule has 0 radical (unpaired) electrons. The Kier molecular flexibility index (Phi) is 4.75. The third kappa shape index (κ3) is 3.49. The highest BCUT2D eigenvalue weighted by Crippen LogP contribution is 2.36. The average Bonchev–Trinajstić information content (AvgIpc) is 3.66. The summed E-state index contributed by atoms with van der Waals surface area (Å²) < 4.78 is 8.04. The van der Waals surface area contributed by atoms with Crippen LogP contribution in [0.25, 0.3) is 60.6 Å². The lowest BCUT2D eigenvalue weighted by atomic mass is 10.1. The standard InChI is InChI=1S/C29H19N5OS/c1-18-11-13-20(14-12-18)27-31-32-29-34(27)33-28(36-29)22-17-24(30-23-10-6-5-9-21(22)23)26-16-15-25(35-26)19-7-3-2-4-8-19/h2-17H,1H3. The van der Waals surface area contributed by atoms with E-state index in [1.54, 1.807) is 0 Å². The number of furan rings is 1. The number of nitrogens with zero attached hydrogens (tertiary/aromatic N) is 5. The molecule has 4 heterocycles. The smallest absolute Gasteiger partial charge is 0.235 e. The first-order chi connectivity index (χ1) is 17.7. The van der Waals surface area contributed by atoms with Crippen LogP contribution in [0.15, 0.2) is 101 Å². The number of fused-ring (bicyclic) bond motifs is 2. The summed E-state index contributed by atoms with van der Waals surface area (Å²) in [6, 6.07) is 32.4. The van der Waals surface area contributed by atoms with Gasteiger partial charge in [0.1, 0.15) is 16.5 Å². The van der Waals surface area contributed by atoms with Gasteiger partial charge in [-0.15, -0.1) is 10.2 Å². The number of hydrogen-bond donors (Lipinski definition) is 0. The van der Waals surface area contributed by atoms with Crippen molar-refractivity contribution in [3.8, 4) is 44.7 Å². The van der Waals surface area contributed by atoms with Gasteiger partial charge in [0.15, 0.2) is 11.6 Å². The van der Waals surface area contributed by atoms with Gasteiger partial charge in [-0.05, 0) is 31.2 Å². The van der Waals surface area contributed by atoms with Crippen LogP contribution >= 0.6 is 11.3 Å². The van der Waals surface area contributed by atoms with E-state index in [4.69, 9.17) is 14.5 Å². The summed E-state index contributed by atoms with van der Waals surface area (Å²) in [6.07, 6.45) is 0. The van der Waals surface area contributed by atoms with Crippen LogP contribution in [-0.4, -0.2) is 24.8 Å². The van der Waals surface area contributed by atoms with E-state index in [0.29, 0.717) is 5.76 Å². The lowest BCUT2D eigenvalue weighted by Crippen LogP contribution is -1.92. The van der Waals surface area contributed by atoms with Gasteiger partial charge in [-0.25, -0.2) is 4.98 Å². The lowest BCUT2D eigenvalue weighted by Gasteiger charge is -2.06. The summed E-state index contributed by atoms with van der Waals surface area (Å²) in [4.78, 5) is 5.64. The van der Waals surface area contributed by atoms with Crippen molar-refractivity contribution in [1.82, 2.24) is 24.8 Å². The number of benzene rings is 3. The summed E-state index contributed by atoms with van der Waals surface area (Å²) >= 11 is 1.51. The maximum atomic E-state index is 6.22. The first-order valence-corrected chi connectivity index (χ1v) is 12.4. The number of aryl methyl sites for hydroxylation is 1. The van der Waals surface area contributed by atoms with E-state index < -0.39 is 0 Å². The summed E-state index contributed by atoms with van der Waals surface area (Å²) in [5.41, 5.74) is 5.83. The minimum atomic E-state index is 0.712. The van der Waals surface area contributed by atoms with Gasteiger partial charge in [-0.3, -0.25) is 0 Å². The highest BCUT2D eigenvalue weighted by Gasteiger charge is 2.18. The van der Waals surface area contributed by atoms with Crippen LogP contribution in [0.3, 0.4) is 0 Å². The van der Waals surface area contributed by atoms with Crippen molar-refractivity contribution in [2.45, 2.75) is 6.92 Å². The number of aromatic nitrogens is 5. The molecule has 7 rings (SSSR count). The Morgan fingerprint density at radius 2 is 1.53 bits per heavy atom. The molecule has 0 saturated heterocycles. The monoisotopic (exact) mass is 485 g/mol. The minimum absolute atomic E-state index is 0.712. The zero-order valence-electron chi connectivity index (χ0n) is 19.3. The van der Waals surface area contributed by atoms with Crippen LogP contribution in [0.4, 0.5) is 0 Å². The molecule has 0 aliphatic carbocycles. The van der Waals surface area contributed by atoms with Crippen LogP contribution in [0.1, 0.15) is 5.56 Å². The lowest BCUT2D eigenvalue weighted by molar-refractivity contribution is 0.595. The molecule has 6 nitrogen and oxygen atoms in total. The average molecular weight is 486 g/mol. The number of para-hydroxylation sites is 1. The maximum Gasteiger partial charge on any atom is 0.235 e. The van der Waals surface area contributed by atoms with Gasteiger partial charge in [0.25, 0.3) is 0 Å². The van der Waals surface area contributed by atoms with Crippen LogP contribution in [-0.2, 0) is 0 Å². The molecule has 0 spiro atoms. The molecule has 0 atom stereocenters. The molecule has 0 saturated carbocycles. The normalized spacial score (nSPS) is 11.5. The van der Waals surface area contributed by atoms with Crippen molar-refractivity contribution >= 4 is 27.2 Å². The number of rotatable bonds is 4. The minimum Gasteiger partial charge on any atom is -0.454 e. The van der Waals surface area contributed by atoms with Crippen molar-refractivity contribution in [2.75, 3.05) is 0 Å². The van der Waals surface area contributed by atoms with Gasteiger partial charge in [-0.2, -0.15) is 9.61 Å². The van der Waals surface area contributed by atoms with E-state index in [1.807, 2.05) is 83.4 Å². The Hall–Kier alpha value is -4.62. The van der Waals surface area contributed by atoms with Gasteiger partial charge in [0, 0.05) is 22.1 Å². The molecule has 0 N–H and O–H groups in total. The predicted octanol–water partition coefficient (Wildman–Crippen LogP) is 7.30. The molecule has 7 heteroatoms.